The SMILES string of the molecule is CN(C)CCCc1cc(F)ccc1OC(F)(F)F. The average Bonchev–Trinajstić information content (AvgIpc) is 2.19. The van der Waals surface area contributed by atoms with Crippen molar-refractivity contribution in [3.63, 3.8) is 0 Å². The highest BCUT2D eigenvalue weighted by Gasteiger charge is 2.32. The molecule has 0 atom stereocenters. The van der Waals surface area contributed by atoms with E-state index in [-0.39, 0.29) is 11.3 Å². The standard InChI is InChI=1S/C12H15F4NO/c1-17(2)7-3-4-9-8-10(13)5-6-11(9)18-12(14,15)16/h5-6,8H,3-4,7H2,1-2H3. The summed E-state index contributed by atoms with van der Waals surface area (Å²) in [6, 6.07) is 3.04. The Hall–Kier alpha value is -1.30. The molecule has 0 aliphatic rings. The maximum absolute atomic E-state index is 13.0. The fourth-order valence-electron chi connectivity index (χ4n) is 1.55. The van der Waals surface area contributed by atoms with Gasteiger partial charge in [-0.3, -0.25) is 0 Å². The van der Waals surface area contributed by atoms with Crippen LogP contribution in [0, 0.1) is 5.82 Å². The maximum Gasteiger partial charge on any atom is 0.573 e. The van der Waals surface area contributed by atoms with Gasteiger partial charge in [0.15, 0.2) is 0 Å². The van der Waals surface area contributed by atoms with Crippen molar-refractivity contribution >= 4 is 0 Å². The highest BCUT2D eigenvalue weighted by atomic mass is 19.4. The molecule has 0 saturated heterocycles. The van der Waals surface area contributed by atoms with E-state index in [0.717, 1.165) is 18.2 Å². The maximum atomic E-state index is 13.0. The van der Waals surface area contributed by atoms with Gasteiger partial charge in [0.05, 0.1) is 0 Å². The first-order valence-electron chi connectivity index (χ1n) is 5.47. The van der Waals surface area contributed by atoms with Gasteiger partial charge in [-0.25, -0.2) is 4.39 Å². The summed E-state index contributed by atoms with van der Waals surface area (Å²) in [5.74, 6) is -0.896. The predicted molar refractivity (Wildman–Crippen MR) is 60.0 cm³/mol. The first-order valence-corrected chi connectivity index (χ1v) is 5.47. The van der Waals surface area contributed by atoms with Crippen LogP contribution in [-0.4, -0.2) is 31.9 Å². The van der Waals surface area contributed by atoms with E-state index in [1.807, 2.05) is 19.0 Å². The summed E-state index contributed by atoms with van der Waals surface area (Å²) in [6.45, 7) is 0.710. The lowest BCUT2D eigenvalue weighted by Gasteiger charge is -2.14. The van der Waals surface area contributed by atoms with Crippen molar-refractivity contribution in [2.75, 3.05) is 20.6 Å². The van der Waals surface area contributed by atoms with Crippen molar-refractivity contribution in [2.45, 2.75) is 19.2 Å². The van der Waals surface area contributed by atoms with Crippen LogP contribution in [0.3, 0.4) is 0 Å². The second-order valence-corrected chi connectivity index (χ2v) is 4.21. The van der Waals surface area contributed by atoms with Crippen molar-refractivity contribution in [2.24, 2.45) is 0 Å². The fraction of sp³-hybridized carbons (Fsp3) is 0.500. The van der Waals surface area contributed by atoms with Gasteiger partial charge in [0, 0.05) is 0 Å². The van der Waals surface area contributed by atoms with Gasteiger partial charge in [0.25, 0.3) is 0 Å². The van der Waals surface area contributed by atoms with Gasteiger partial charge in [0.2, 0.25) is 0 Å². The molecule has 0 aromatic heterocycles. The molecule has 1 aromatic carbocycles. The molecule has 0 aliphatic heterocycles. The third kappa shape index (κ3) is 5.35. The molecule has 1 aromatic rings. The zero-order chi connectivity index (χ0) is 13.8. The summed E-state index contributed by atoms with van der Waals surface area (Å²) in [6.07, 6.45) is -3.79. The minimum Gasteiger partial charge on any atom is -0.405 e. The lowest BCUT2D eigenvalue weighted by atomic mass is 10.1. The molecule has 0 N–H and O–H groups in total. The molecule has 0 bridgehead atoms. The number of ether oxygens (including phenoxy) is 1. The molecule has 0 radical (unpaired) electrons. The van der Waals surface area contributed by atoms with Crippen LogP contribution in [0.15, 0.2) is 18.2 Å². The van der Waals surface area contributed by atoms with Crippen LogP contribution in [0.4, 0.5) is 17.6 Å². The van der Waals surface area contributed by atoms with Gasteiger partial charge >= 0.3 is 6.36 Å². The number of aryl methyl sites for hydroxylation is 1. The van der Waals surface area contributed by atoms with Gasteiger partial charge in [-0.1, -0.05) is 0 Å². The van der Waals surface area contributed by atoms with Crippen LogP contribution < -0.4 is 4.74 Å². The number of halogens is 4. The topological polar surface area (TPSA) is 12.5 Å². The molecular weight excluding hydrogens is 250 g/mol. The third-order valence-electron chi connectivity index (χ3n) is 2.30. The molecule has 0 heterocycles. The van der Waals surface area contributed by atoms with Crippen LogP contribution in [0.2, 0.25) is 0 Å². The summed E-state index contributed by atoms with van der Waals surface area (Å²) in [5, 5.41) is 0. The summed E-state index contributed by atoms with van der Waals surface area (Å²) >= 11 is 0. The van der Waals surface area contributed by atoms with E-state index < -0.39 is 12.2 Å². The zero-order valence-corrected chi connectivity index (χ0v) is 10.2. The second-order valence-electron chi connectivity index (χ2n) is 4.21. The lowest BCUT2D eigenvalue weighted by molar-refractivity contribution is -0.274. The third-order valence-corrected chi connectivity index (χ3v) is 2.30. The molecular formula is C12H15F4NO. The monoisotopic (exact) mass is 265 g/mol. The largest absolute Gasteiger partial charge is 0.573 e. The van der Waals surface area contributed by atoms with E-state index in [2.05, 4.69) is 4.74 Å². The van der Waals surface area contributed by atoms with Crippen molar-refractivity contribution in [3.8, 4) is 5.75 Å². The Morgan fingerprint density at radius 3 is 2.44 bits per heavy atom. The van der Waals surface area contributed by atoms with E-state index in [1.165, 1.54) is 0 Å². The van der Waals surface area contributed by atoms with Crippen LogP contribution in [0.1, 0.15) is 12.0 Å². The van der Waals surface area contributed by atoms with E-state index in [0.29, 0.717) is 19.4 Å². The van der Waals surface area contributed by atoms with E-state index >= 15 is 0 Å². The van der Waals surface area contributed by atoms with Crippen molar-refractivity contribution in [3.05, 3.63) is 29.6 Å². The molecule has 102 valence electrons. The molecule has 0 unspecified atom stereocenters. The van der Waals surface area contributed by atoms with E-state index in [1.54, 1.807) is 0 Å². The average molecular weight is 265 g/mol. The Kier molecular flexibility index (Phi) is 4.95. The highest BCUT2D eigenvalue weighted by Crippen LogP contribution is 2.27. The molecule has 0 spiro atoms. The normalized spacial score (nSPS) is 11.9. The van der Waals surface area contributed by atoms with Gasteiger partial charge in [0.1, 0.15) is 11.6 Å². The first-order chi connectivity index (χ1) is 8.28. The van der Waals surface area contributed by atoms with Crippen LogP contribution >= 0.6 is 0 Å². The fourth-order valence-corrected chi connectivity index (χ4v) is 1.55. The Morgan fingerprint density at radius 1 is 1.22 bits per heavy atom. The number of nitrogens with zero attached hydrogens (tertiary/aromatic N) is 1. The number of hydrogen-bond acceptors (Lipinski definition) is 2. The van der Waals surface area contributed by atoms with Crippen molar-refractivity contribution in [1.82, 2.24) is 4.90 Å². The van der Waals surface area contributed by atoms with Gasteiger partial charge in [-0.15, -0.1) is 13.2 Å². The number of benzene rings is 1. The molecule has 0 amide bonds. The van der Waals surface area contributed by atoms with E-state index in [9.17, 15) is 17.6 Å². The van der Waals surface area contributed by atoms with Crippen LogP contribution in [0.5, 0.6) is 5.75 Å². The van der Waals surface area contributed by atoms with Gasteiger partial charge < -0.3 is 9.64 Å². The minimum absolute atomic E-state index is 0.231. The Bertz CT molecular complexity index is 390. The number of hydrogen-bond donors (Lipinski definition) is 0. The van der Waals surface area contributed by atoms with Crippen LogP contribution in [-0.2, 0) is 6.42 Å². The molecule has 18 heavy (non-hydrogen) atoms. The summed E-state index contributed by atoms with van der Waals surface area (Å²) in [5.41, 5.74) is 0.231. The molecule has 6 heteroatoms. The van der Waals surface area contributed by atoms with Crippen molar-refractivity contribution < 1.29 is 22.3 Å². The quantitative estimate of drug-likeness (QED) is 0.758. The number of alkyl halides is 3. The van der Waals surface area contributed by atoms with E-state index in [4.69, 9.17) is 0 Å². The zero-order valence-electron chi connectivity index (χ0n) is 10.2. The summed E-state index contributed by atoms with van der Waals surface area (Å²) in [7, 11) is 3.72. The molecule has 0 saturated carbocycles. The van der Waals surface area contributed by atoms with Gasteiger partial charge in [-0.05, 0) is 57.2 Å². The number of rotatable bonds is 5. The minimum atomic E-state index is -4.76. The Balaban J connectivity index is 2.77. The Labute approximate surface area is 103 Å². The molecule has 2 nitrogen and oxygen atoms in total. The summed E-state index contributed by atoms with van der Waals surface area (Å²) in [4.78, 5) is 1.91. The van der Waals surface area contributed by atoms with Gasteiger partial charge in [-0.2, -0.15) is 0 Å². The smallest absolute Gasteiger partial charge is 0.405 e. The molecule has 1 rings (SSSR count). The lowest BCUT2D eigenvalue weighted by Crippen LogP contribution is -2.18. The van der Waals surface area contributed by atoms with Crippen LogP contribution in [0.25, 0.3) is 0 Å². The van der Waals surface area contributed by atoms with Crippen molar-refractivity contribution in [1.29, 1.82) is 0 Å². The molecule has 0 aliphatic carbocycles. The molecule has 0 fully saturated rings. The second kappa shape index (κ2) is 6.04. The Morgan fingerprint density at radius 2 is 1.89 bits per heavy atom. The highest BCUT2D eigenvalue weighted by molar-refractivity contribution is 5.34. The summed E-state index contributed by atoms with van der Waals surface area (Å²) < 4.78 is 53.3. The first kappa shape index (κ1) is 14.8. The predicted octanol–water partition coefficient (Wildman–Crippen LogP) is 3.22.